The molecule has 0 fully saturated rings. The highest BCUT2D eigenvalue weighted by atomic mass is 35.5. The van der Waals surface area contributed by atoms with Gasteiger partial charge in [-0.05, 0) is 48.4 Å². The summed E-state index contributed by atoms with van der Waals surface area (Å²) < 4.78 is 25.3. The van der Waals surface area contributed by atoms with Crippen molar-refractivity contribution in [2.75, 3.05) is 4.31 Å². The fraction of sp³-hybridized carbons (Fsp3) is 0.111. The van der Waals surface area contributed by atoms with Crippen LogP contribution in [0.1, 0.15) is 21.5 Å². The van der Waals surface area contributed by atoms with Crippen molar-refractivity contribution >= 4 is 50.8 Å². The van der Waals surface area contributed by atoms with Crippen LogP contribution in [0.25, 0.3) is 0 Å². The van der Waals surface area contributed by atoms with Gasteiger partial charge in [-0.1, -0.05) is 23.7 Å². The zero-order valence-electron chi connectivity index (χ0n) is 14.2. The van der Waals surface area contributed by atoms with Crippen LogP contribution in [0.5, 0.6) is 0 Å². The third-order valence-corrected chi connectivity index (χ3v) is 5.80. The molecule has 6 nitrogen and oxygen atoms in total. The Kier molecular flexibility index (Phi) is 6.22. The van der Waals surface area contributed by atoms with Gasteiger partial charge in [-0.2, -0.15) is 0 Å². The molecule has 0 spiro atoms. The second kappa shape index (κ2) is 8.62. The van der Waals surface area contributed by atoms with E-state index in [2.05, 4.69) is 10.3 Å². The summed E-state index contributed by atoms with van der Waals surface area (Å²) in [6.07, 6.45) is 3.33. The number of carbonyl (C=O) groups is 1. The normalized spacial score (nSPS) is 11.8. The number of aryl methyl sites for hydroxylation is 1. The number of pyridine rings is 1. The van der Waals surface area contributed by atoms with Gasteiger partial charge in [0.2, 0.25) is 0 Å². The molecule has 140 valence electrons. The van der Waals surface area contributed by atoms with E-state index in [0.29, 0.717) is 32.7 Å². The quantitative estimate of drug-likeness (QED) is 0.611. The molecule has 1 aromatic carbocycles. The van der Waals surface area contributed by atoms with Crippen LogP contribution in [0.15, 0.2) is 54.9 Å². The molecule has 0 aliphatic carbocycles. The lowest BCUT2D eigenvalue weighted by Crippen LogP contribution is -2.24. The SMILES string of the molecule is Cc1ccc(C(=O)NCc2cccnc2)cc1N(c1ccc(Cl)s1)S(=O)[O-]. The maximum Gasteiger partial charge on any atom is 0.251 e. The van der Waals surface area contributed by atoms with Crippen molar-refractivity contribution in [3.63, 3.8) is 0 Å². The summed E-state index contributed by atoms with van der Waals surface area (Å²) in [6.45, 7) is 2.11. The van der Waals surface area contributed by atoms with Crippen LogP contribution in [0, 0.1) is 6.92 Å². The molecule has 2 aromatic heterocycles. The maximum absolute atomic E-state index is 12.5. The van der Waals surface area contributed by atoms with Crippen LogP contribution in [0.4, 0.5) is 10.7 Å². The van der Waals surface area contributed by atoms with E-state index in [0.717, 1.165) is 21.2 Å². The summed E-state index contributed by atoms with van der Waals surface area (Å²) in [6, 6.07) is 11.8. The number of anilines is 2. The van der Waals surface area contributed by atoms with Crippen LogP contribution >= 0.6 is 22.9 Å². The Morgan fingerprint density at radius 3 is 2.78 bits per heavy atom. The molecule has 0 aliphatic rings. The Labute approximate surface area is 168 Å². The molecule has 1 atom stereocenters. The fourth-order valence-corrected chi connectivity index (χ4v) is 4.26. The van der Waals surface area contributed by atoms with Crippen molar-refractivity contribution in [3.8, 4) is 0 Å². The van der Waals surface area contributed by atoms with Crippen LogP contribution in [0.3, 0.4) is 0 Å². The highest BCUT2D eigenvalue weighted by Crippen LogP contribution is 2.37. The Balaban J connectivity index is 1.86. The maximum atomic E-state index is 12.5. The zero-order valence-corrected chi connectivity index (χ0v) is 16.6. The lowest BCUT2D eigenvalue weighted by molar-refractivity contribution is 0.0951. The molecule has 1 N–H and O–H groups in total. The average molecular weight is 421 g/mol. The summed E-state index contributed by atoms with van der Waals surface area (Å²) in [7, 11) is 0. The second-order valence-corrected chi connectivity index (χ2v) is 8.13. The first-order valence-electron chi connectivity index (χ1n) is 7.88. The first kappa shape index (κ1) is 19.5. The molecular weight excluding hydrogens is 406 g/mol. The van der Waals surface area contributed by atoms with E-state index >= 15 is 0 Å². The minimum Gasteiger partial charge on any atom is -0.755 e. The lowest BCUT2D eigenvalue weighted by Gasteiger charge is -2.26. The fourth-order valence-electron chi connectivity index (χ4n) is 2.44. The highest BCUT2D eigenvalue weighted by molar-refractivity contribution is 7.81. The number of rotatable bonds is 6. The Bertz CT molecular complexity index is 979. The molecule has 0 saturated heterocycles. The van der Waals surface area contributed by atoms with Gasteiger partial charge in [-0.3, -0.25) is 18.3 Å². The van der Waals surface area contributed by atoms with Gasteiger partial charge in [0, 0.05) is 24.5 Å². The summed E-state index contributed by atoms with van der Waals surface area (Å²) in [5.74, 6) is -0.305. The molecule has 0 radical (unpaired) electrons. The molecule has 3 aromatic rings. The van der Waals surface area contributed by atoms with Crippen molar-refractivity contribution in [2.24, 2.45) is 0 Å². The van der Waals surface area contributed by atoms with Crippen molar-refractivity contribution in [1.82, 2.24) is 10.3 Å². The predicted octanol–water partition coefficient (Wildman–Crippen LogP) is 3.97. The van der Waals surface area contributed by atoms with Crippen molar-refractivity contribution < 1.29 is 13.6 Å². The molecule has 0 aliphatic heterocycles. The van der Waals surface area contributed by atoms with Crippen molar-refractivity contribution in [2.45, 2.75) is 13.5 Å². The summed E-state index contributed by atoms with van der Waals surface area (Å²) in [5.41, 5.74) is 2.34. The van der Waals surface area contributed by atoms with E-state index in [1.165, 1.54) is 0 Å². The largest absolute Gasteiger partial charge is 0.755 e. The minimum atomic E-state index is -2.56. The van der Waals surface area contributed by atoms with Crippen LogP contribution < -0.4 is 9.62 Å². The van der Waals surface area contributed by atoms with Gasteiger partial charge in [-0.15, -0.1) is 11.3 Å². The molecular formula is C18H15ClN3O3S2-. The molecule has 2 heterocycles. The number of amides is 1. The Morgan fingerprint density at radius 1 is 1.33 bits per heavy atom. The number of hydrogen-bond donors (Lipinski definition) is 1. The van der Waals surface area contributed by atoms with E-state index in [9.17, 15) is 13.6 Å². The molecule has 3 rings (SSSR count). The van der Waals surface area contributed by atoms with E-state index in [1.807, 2.05) is 6.07 Å². The van der Waals surface area contributed by atoms with E-state index in [-0.39, 0.29) is 5.91 Å². The third kappa shape index (κ3) is 4.72. The minimum absolute atomic E-state index is 0.305. The number of halogens is 1. The Hall–Kier alpha value is -2.26. The number of nitrogens with zero attached hydrogens (tertiary/aromatic N) is 2. The number of nitrogens with one attached hydrogen (secondary N) is 1. The standard InChI is InChI=1S/C18H16ClN3O3S2/c1-12-4-5-14(18(23)21-11-13-3-2-8-20-10-13)9-15(12)22(27(24)25)17-7-6-16(19)26-17/h2-10H,11H2,1H3,(H,21,23)(H,24,25)/p-1. The summed E-state index contributed by atoms with van der Waals surface area (Å²) in [5, 5.41) is 3.25. The number of aromatic nitrogens is 1. The van der Waals surface area contributed by atoms with Crippen molar-refractivity contribution in [3.05, 3.63) is 75.9 Å². The highest BCUT2D eigenvalue weighted by Gasteiger charge is 2.17. The Morgan fingerprint density at radius 2 is 2.15 bits per heavy atom. The van der Waals surface area contributed by atoms with Gasteiger partial charge in [-0.25, -0.2) is 0 Å². The molecule has 0 bridgehead atoms. The number of hydrogen-bond acceptors (Lipinski definition) is 5. The molecule has 0 saturated carbocycles. The third-order valence-electron chi connectivity index (χ3n) is 3.77. The van der Waals surface area contributed by atoms with Gasteiger partial charge in [0.05, 0.1) is 21.3 Å². The van der Waals surface area contributed by atoms with Gasteiger partial charge >= 0.3 is 0 Å². The lowest BCUT2D eigenvalue weighted by atomic mass is 10.1. The molecule has 9 heteroatoms. The van der Waals surface area contributed by atoms with E-state index < -0.39 is 11.3 Å². The van der Waals surface area contributed by atoms with Crippen LogP contribution in [-0.4, -0.2) is 19.7 Å². The second-order valence-electron chi connectivity index (χ2n) is 5.63. The van der Waals surface area contributed by atoms with E-state index in [1.54, 1.807) is 55.7 Å². The molecule has 27 heavy (non-hydrogen) atoms. The summed E-state index contributed by atoms with van der Waals surface area (Å²) >= 11 is 4.52. The first-order valence-corrected chi connectivity index (χ1v) is 10.1. The number of benzene rings is 1. The van der Waals surface area contributed by atoms with Crippen molar-refractivity contribution in [1.29, 1.82) is 0 Å². The van der Waals surface area contributed by atoms with E-state index in [4.69, 9.17) is 11.6 Å². The van der Waals surface area contributed by atoms with Gasteiger partial charge in [0.25, 0.3) is 5.91 Å². The molecule has 1 unspecified atom stereocenters. The zero-order chi connectivity index (χ0) is 19.4. The number of thiophene rings is 1. The molecule has 1 amide bonds. The smallest absolute Gasteiger partial charge is 0.251 e. The van der Waals surface area contributed by atoms with Gasteiger partial charge in [0.1, 0.15) is 5.00 Å². The predicted molar refractivity (Wildman–Crippen MR) is 107 cm³/mol. The topological polar surface area (TPSA) is 85.4 Å². The monoisotopic (exact) mass is 420 g/mol. The summed E-state index contributed by atoms with van der Waals surface area (Å²) in [4.78, 5) is 16.5. The van der Waals surface area contributed by atoms with Gasteiger partial charge in [0.15, 0.2) is 0 Å². The first-order chi connectivity index (χ1) is 13.0. The number of carbonyl (C=O) groups excluding carboxylic acids is 1. The van der Waals surface area contributed by atoms with Crippen LogP contribution in [-0.2, 0) is 17.8 Å². The average Bonchev–Trinajstić information content (AvgIpc) is 3.08. The van der Waals surface area contributed by atoms with Gasteiger partial charge < -0.3 is 9.87 Å². The van der Waals surface area contributed by atoms with Crippen LogP contribution in [0.2, 0.25) is 4.34 Å².